The number of carbonyl (C=O) groups is 1. The minimum absolute atomic E-state index is 0.279. The molecule has 0 aromatic heterocycles. The van der Waals surface area contributed by atoms with E-state index < -0.39 is 6.23 Å². The lowest BCUT2D eigenvalue weighted by Gasteiger charge is -2.30. The van der Waals surface area contributed by atoms with Crippen LogP contribution < -0.4 is 4.90 Å². The normalized spacial score (nSPS) is 15.5. The molecule has 3 aromatic rings. The predicted octanol–water partition coefficient (Wildman–Crippen LogP) is 5.52. The smallest absolute Gasteiger partial charge is 0.340 e. The summed E-state index contributed by atoms with van der Waals surface area (Å²) in [6.07, 6.45) is -0.447. The van der Waals surface area contributed by atoms with Crippen LogP contribution in [-0.2, 0) is 11.3 Å². The van der Waals surface area contributed by atoms with Gasteiger partial charge in [-0.3, -0.25) is 0 Å². The van der Waals surface area contributed by atoms with Crippen LogP contribution in [0, 0.1) is 6.92 Å². The molecule has 1 heterocycles. The van der Waals surface area contributed by atoms with Crippen LogP contribution in [0.3, 0.4) is 0 Å². The monoisotopic (exact) mass is 363 g/mol. The zero-order chi connectivity index (χ0) is 18.1. The minimum Gasteiger partial charge on any atom is -0.434 e. The zero-order valence-corrected chi connectivity index (χ0v) is 15.1. The first kappa shape index (κ1) is 16.7. The number of aryl methyl sites for hydroxylation is 1. The molecular formula is C22H18ClNO2. The van der Waals surface area contributed by atoms with E-state index in [9.17, 15) is 4.79 Å². The van der Waals surface area contributed by atoms with E-state index in [0.717, 1.165) is 16.8 Å². The largest absolute Gasteiger partial charge is 0.434 e. The fourth-order valence-electron chi connectivity index (χ4n) is 3.19. The van der Waals surface area contributed by atoms with E-state index in [0.29, 0.717) is 17.1 Å². The molecule has 1 aliphatic heterocycles. The van der Waals surface area contributed by atoms with Gasteiger partial charge in [0, 0.05) is 22.8 Å². The molecule has 1 unspecified atom stereocenters. The third kappa shape index (κ3) is 3.18. The van der Waals surface area contributed by atoms with Crippen molar-refractivity contribution in [3.8, 4) is 0 Å². The summed E-state index contributed by atoms with van der Waals surface area (Å²) in [5.74, 6) is -0.279. The Morgan fingerprint density at radius 3 is 2.38 bits per heavy atom. The summed E-state index contributed by atoms with van der Waals surface area (Å²) in [5.41, 5.74) is 4.80. The predicted molar refractivity (Wildman–Crippen MR) is 103 cm³/mol. The van der Waals surface area contributed by atoms with Crippen LogP contribution in [0.25, 0.3) is 0 Å². The number of benzene rings is 3. The molecule has 0 fully saturated rings. The number of esters is 1. The standard InChI is InChI=1S/C22H18ClNO2/c1-15-6-12-18(13-7-15)24(14-16-8-10-17(23)11-9-16)21-19-4-2-3-5-20(19)22(25)26-21/h2-13,21H,14H2,1H3. The average Bonchev–Trinajstić information content (AvgIpc) is 2.99. The highest BCUT2D eigenvalue weighted by Gasteiger charge is 2.35. The van der Waals surface area contributed by atoms with E-state index in [1.807, 2.05) is 48.5 Å². The third-order valence-corrected chi connectivity index (χ3v) is 4.83. The van der Waals surface area contributed by atoms with E-state index in [1.165, 1.54) is 5.56 Å². The number of carbonyl (C=O) groups excluding carboxylic acids is 1. The van der Waals surface area contributed by atoms with Crippen LogP contribution in [0.4, 0.5) is 5.69 Å². The van der Waals surface area contributed by atoms with Crippen molar-refractivity contribution >= 4 is 23.3 Å². The molecular weight excluding hydrogens is 346 g/mol. The van der Waals surface area contributed by atoms with Crippen molar-refractivity contribution in [2.24, 2.45) is 0 Å². The van der Waals surface area contributed by atoms with Crippen molar-refractivity contribution in [1.29, 1.82) is 0 Å². The number of anilines is 1. The first-order valence-corrected chi connectivity index (χ1v) is 8.87. The second kappa shape index (κ2) is 6.85. The number of rotatable bonds is 4. The van der Waals surface area contributed by atoms with Crippen molar-refractivity contribution in [1.82, 2.24) is 0 Å². The van der Waals surface area contributed by atoms with Gasteiger partial charge in [-0.15, -0.1) is 0 Å². The molecule has 130 valence electrons. The molecule has 3 nitrogen and oxygen atoms in total. The maximum atomic E-state index is 12.3. The van der Waals surface area contributed by atoms with E-state index in [2.05, 4.69) is 36.1 Å². The second-order valence-electron chi connectivity index (χ2n) is 6.43. The highest BCUT2D eigenvalue weighted by molar-refractivity contribution is 6.30. The minimum atomic E-state index is -0.447. The molecule has 0 saturated carbocycles. The first-order valence-electron chi connectivity index (χ1n) is 8.49. The lowest BCUT2D eigenvalue weighted by molar-refractivity contribution is 0.0374. The Morgan fingerprint density at radius 1 is 0.962 bits per heavy atom. The van der Waals surface area contributed by atoms with Crippen molar-refractivity contribution in [2.45, 2.75) is 19.7 Å². The number of fused-ring (bicyclic) bond motifs is 1. The molecule has 0 saturated heterocycles. The van der Waals surface area contributed by atoms with Gasteiger partial charge in [-0.1, -0.05) is 59.6 Å². The van der Waals surface area contributed by atoms with Gasteiger partial charge in [0.2, 0.25) is 6.23 Å². The van der Waals surface area contributed by atoms with Crippen LogP contribution in [0.5, 0.6) is 0 Å². The quantitative estimate of drug-likeness (QED) is 0.571. The van der Waals surface area contributed by atoms with Gasteiger partial charge in [0.15, 0.2) is 0 Å². The van der Waals surface area contributed by atoms with Gasteiger partial charge in [-0.05, 0) is 42.8 Å². The van der Waals surface area contributed by atoms with Gasteiger partial charge < -0.3 is 9.64 Å². The number of nitrogens with zero attached hydrogens (tertiary/aromatic N) is 1. The van der Waals surface area contributed by atoms with Gasteiger partial charge in [-0.25, -0.2) is 4.79 Å². The summed E-state index contributed by atoms with van der Waals surface area (Å²) in [7, 11) is 0. The average molecular weight is 364 g/mol. The molecule has 1 aliphatic rings. The molecule has 0 spiro atoms. The Bertz CT molecular complexity index is 935. The number of ether oxygens (including phenoxy) is 1. The van der Waals surface area contributed by atoms with Crippen molar-refractivity contribution < 1.29 is 9.53 Å². The summed E-state index contributed by atoms with van der Waals surface area (Å²) in [4.78, 5) is 14.4. The third-order valence-electron chi connectivity index (χ3n) is 4.58. The van der Waals surface area contributed by atoms with Gasteiger partial charge in [0.1, 0.15) is 0 Å². The van der Waals surface area contributed by atoms with Crippen LogP contribution >= 0.6 is 11.6 Å². The topological polar surface area (TPSA) is 29.5 Å². The molecule has 0 amide bonds. The maximum Gasteiger partial charge on any atom is 0.340 e. The first-order chi connectivity index (χ1) is 12.6. The Kier molecular flexibility index (Phi) is 4.39. The van der Waals surface area contributed by atoms with Crippen LogP contribution in [0.2, 0.25) is 5.02 Å². The van der Waals surface area contributed by atoms with E-state index in [-0.39, 0.29) is 5.97 Å². The molecule has 0 N–H and O–H groups in total. The number of hydrogen-bond acceptors (Lipinski definition) is 3. The van der Waals surface area contributed by atoms with E-state index in [1.54, 1.807) is 0 Å². The Balaban J connectivity index is 1.74. The van der Waals surface area contributed by atoms with Crippen molar-refractivity contribution in [3.05, 3.63) is 100 Å². The Labute approximate surface area is 157 Å². The lowest BCUT2D eigenvalue weighted by atomic mass is 10.1. The van der Waals surface area contributed by atoms with Crippen molar-refractivity contribution in [3.63, 3.8) is 0 Å². The van der Waals surface area contributed by atoms with E-state index >= 15 is 0 Å². The maximum absolute atomic E-state index is 12.3. The summed E-state index contributed by atoms with van der Waals surface area (Å²) in [5, 5.41) is 0.702. The molecule has 4 heteroatoms. The summed E-state index contributed by atoms with van der Waals surface area (Å²) in [6, 6.07) is 23.5. The highest BCUT2D eigenvalue weighted by Crippen LogP contribution is 2.37. The second-order valence-corrected chi connectivity index (χ2v) is 6.87. The van der Waals surface area contributed by atoms with Crippen LogP contribution in [0.15, 0.2) is 72.8 Å². The molecule has 1 atom stereocenters. The SMILES string of the molecule is Cc1ccc(N(Cc2ccc(Cl)cc2)C2OC(=O)c3ccccc32)cc1. The number of hydrogen-bond donors (Lipinski definition) is 0. The fraction of sp³-hybridized carbons (Fsp3) is 0.136. The number of cyclic esters (lactones) is 1. The summed E-state index contributed by atoms with van der Waals surface area (Å²) >= 11 is 6.01. The van der Waals surface area contributed by atoms with Crippen LogP contribution in [0.1, 0.15) is 33.3 Å². The van der Waals surface area contributed by atoms with E-state index in [4.69, 9.17) is 16.3 Å². The Morgan fingerprint density at radius 2 is 1.65 bits per heavy atom. The fourth-order valence-corrected chi connectivity index (χ4v) is 3.32. The van der Waals surface area contributed by atoms with Crippen LogP contribution in [-0.4, -0.2) is 5.97 Å². The number of halogens is 1. The van der Waals surface area contributed by atoms with Gasteiger partial charge in [-0.2, -0.15) is 0 Å². The molecule has 0 bridgehead atoms. The molecule has 26 heavy (non-hydrogen) atoms. The molecule has 4 rings (SSSR count). The van der Waals surface area contributed by atoms with Gasteiger partial charge in [0.25, 0.3) is 0 Å². The molecule has 3 aromatic carbocycles. The van der Waals surface area contributed by atoms with Gasteiger partial charge in [0.05, 0.1) is 5.56 Å². The summed E-state index contributed by atoms with van der Waals surface area (Å²) in [6.45, 7) is 2.66. The summed E-state index contributed by atoms with van der Waals surface area (Å²) < 4.78 is 5.74. The molecule has 0 aliphatic carbocycles. The lowest BCUT2D eigenvalue weighted by Crippen LogP contribution is -2.28. The van der Waals surface area contributed by atoms with Gasteiger partial charge >= 0.3 is 5.97 Å². The van der Waals surface area contributed by atoms with Crippen molar-refractivity contribution in [2.75, 3.05) is 4.90 Å². The zero-order valence-electron chi connectivity index (χ0n) is 14.4. The highest BCUT2D eigenvalue weighted by atomic mass is 35.5. The molecule has 0 radical (unpaired) electrons. The Hall–Kier alpha value is -2.78.